The van der Waals surface area contributed by atoms with Crippen molar-refractivity contribution in [3.63, 3.8) is 0 Å². The molecule has 0 aliphatic heterocycles. The summed E-state index contributed by atoms with van der Waals surface area (Å²) < 4.78 is 31.4. The molecule has 0 saturated carbocycles. The minimum atomic E-state index is -0.757. The van der Waals surface area contributed by atoms with E-state index in [1.165, 1.54) is 6.07 Å². The number of halogens is 2. The van der Waals surface area contributed by atoms with E-state index < -0.39 is 11.8 Å². The van der Waals surface area contributed by atoms with Crippen LogP contribution < -0.4 is 5.32 Å². The highest BCUT2D eigenvalue weighted by atomic mass is 19.1. The topological polar surface area (TPSA) is 25.2 Å². The third-order valence-corrected chi connectivity index (χ3v) is 2.69. The summed E-state index contributed by atoms with van der Waals surface area (Å²) in [5.41, 5.74) is 0.530. The van der Waals surface area contributed by atoms with Crippen molar-refractivity contribution < 1.29 is 13.2 Å². The van der Waals surface area contributed by atoms with E-state index >= 15 is 0 Å². The molecular weight excluding hydrogens is 212 g/mol. The first kappa shape index (κ1) is 11.1. The molecular formula is C12H13F2NO. The molecule has 0 fully saturated rings. The van der Waals surface area contributed by atoms with Crippen molar-refractivity contribution in [2.75, 3.05) is 7.05 Å². The number of hydrogen-bond acceptors (Lipinski definition) is 2. The number of hydrogen-bond donors (Lipinski definition) is 1. The lowest BCUT2D eigenvalue weighted by atomic mass is 10.1. The number of furan rings is 1. The highest BCUT2D eigenvalue weighted by molar-refractivity contribution is 5.78. The van der Waals surface area contributed by atoms with Gasteiger partial charge in [0, 0.05) is 17.5 Å². The second kappa shape index (κ2) is 4.22. The summed E-state index contributed by atoms with van der Waals surface area (Å²) in [4.78, 5) is 0. The normalized spacial score (nSPS) is 13.2. The van der Waals surface area contributed by atoms with Gasteiger partial charge in [0.05, 0.1) is 0 Å². The van der Waals surface area contributed by atoms with E-state index in [0.717, 1.165) is 0 Å². The maximum absolute atomic E-state index is 13.9. The summed E-state index contributed by atoms with van der Waals surface area (Å²) in [5.74, 6) is -0.469. The van der Waals surface area contributed by atoms with Crippen molar-refractivity contribution in [1.29, 1.82) is 0 Å². The van der Waals surface area contributed by atoms with Gasteiger partial charge in [-0.25, -0.2) is 4.39 Å². The van der Waals surface area contributed by atoms with Gasteiger partial charge >= 0.3 is 0 Å². The quantitative estimate of drug-likeness (QED) is 0.868. The van der Waals surface area contributed by atoms with Crippen LogP contribution in [0.15, 0.2) is 22.6 Å². The molecule has 2 nitrogen and oxygen atoms in total. The molecule has 1 heterocycles. The molecule has 0 amide bonds. The van der Waals surface area contributed by atoms with Crippen LogP contribution in [0, 0.1) is 11.8 Å². The van der Waals surface area contributed by atoms with E-state index in [0.29, 0.717) is 17.4 Å². The molecule has 1 aromatic carbocycles. The first-order chi connectivity index (χ1) is 7.61. The summed E-state index contributed by atoms with van der Waals surface area (Å²) in [6.45, 7) is 1.95. The van der Waals surface area contributed by atoms with Crippen molar-refractivity contribution in [2.45, 2.75) is 19.4 Å². The van der Waals surface area contributed by atoms with Crippen molar-refractivity contribution in [3.05, 3.63) is 35.6 Å². The lowest BCUT2D eigenvalue weighted by Crippen LogP contribution is -2.23. The van der Waals surface area contributed by atoms with Crippen molar-refractivity contribution in [1.82, 2.24) is 5.32 Å². The van der Waals surface area contributed by atoms with Crippen LogP contribution in [-0.2, 0) is 6.42 Å². The van der Waals surface area contributed by atoms with E-state index in [2.05, 4.69) is 5.32 Å². The summed E-state index contributed by atoms with van der Waals surface area (Å²) in [7, 11) is 1.81. The van der Waals surface area contributed by atoms with Crippen LogP contribution >= 0.6 is 0 Å². The molecule has 0 spiro atoms. The minimum Gasteiger partial charge on any atom is -0.428 e. The van der Waals surface area contributed by atoms with Gasteiger partial charge < -0.3 is 9.73 Å². The van der Waals surface area contributed by atoms with Crippen LogP contribution in [-0.4, -0.2) is 13.1 Å². The van der Waals surface area contributed by atoms with E-state index in [1.54, 1.807) is 12.1 Å². The van der Waals surface area contributed by atoms with Crippen molar-refractivity contribution in [2.24, 2.45) is 0 Å². The number of benzene rings is 1. The number of fused-ring (bicyclic) bond motifs is 1. The van der Waals surface area contributed by atoms with Gasteiger partial charge in [-0.05, 0) is 26.0 Å². The number of nitrogens with one attached hydrogen (secondary N) is 1. The van der Waals surface area contributed by atoms with Crippen LogP contribution in [0.2, 0.25) is 0 Å². The average Bonchev–Trinajstić information content (AvgIpc) is 2.64. The Labute approximate surface area is 92.2 Å². The standard InChI is InChI=1S/C12H13F2NO/c1-7(15-2)5-8-3-4-9-6-10(13)16-12(9)11(8)14/h3-4,6-7,15H,5H2,1-2H3/t7-/m1/s1. The molecule has 2 rings (SSSR count). The first-order valence-corrected chi connectivity index (χ1v) is 5.15. The molecule has 86 valence electrons. The molecule has 1 aromatic heterocycles. The van der Waals surface area contributed by atoms with Crippen LogP contribution in [0.3, 0.4) is 0 Å². The molecule has 0 aliphatic carbocycles. The Morgan fingerprint density at radius 3 is 2.81 bits per heavy atom. The van der Waals surface area contributed by atoms with E-state index in [9.17, 15) is 8.78 Å². The first-order valence-electron chi connectivity index (χ1n) is 5.15. The molecule has 0 bridgehead atoms. The largest absolute Gasteiger partial charge is 0.428 e. The average molecular weight is 225 g/mol. The molecule has 1 N–H and O–H groups in total. The van der Waals surface area contributed by atoms with E-state index in [1.807, 2.05) is 14.0 Å². The Balaban J connectivity index is 2.43. The van der Waals surface area contributed by atoms with Gasteiger partial charge in [-0.1, -0.05) is 12.1 Å². The third-order valence-electron chi connectivity index (χ3n) is 2.69. The second-order valence-corrected chi connectivity index (χ2v) is 3.90. The maximum Gasteiger partial charge on any atom is 0.278 e. The second-order valence-electron chi connectivity index (χ2n) is 3.90. The molecule has 1 atom stereocenters. The predicted molar refractivity (Wildman–Crippen MR) is 58.4 cm³/mol. The van der Waals surface area contributed by atoms with E-state index in [4.69, 9.17) is 4.42 Å². The summed E-state index contributed by atoms with van der Waals surface area (Å²) in [5, 5.41) is 3.48. The Kier molecular flexibility index (Phi) is 2.92. The Bertz CT molecular complexity index is 507. The lowest BCUT2D eigenvalue weighted by Gasteiger charge is -2.10. The highest BCUT2D eigenvalue weighted by Gasteiger charge is 2.13. The lowest BCUT2D eigenvalue weighted by molar-refractivity contribution is 0.373. The molecule has 0 unspecified atom stereocenters. The van der Waals surface area contributed by atoms with Crippen LogP contribution in [0.4, 0.5) is 8.78 Å². The molecule has 2 aromatic rings. The number of rotatable bonds is 3. The fourth-order valence-corrected chi connectivity index (χ4v) is 1.67. The zero-order valence-corrected chi connectivity index (χ0v) is 9.18. The van der Waals surface area contributed by atoms with E-state index in [-0.39, 0.29) is 11.6 Å². The van der Waals surface area contributed by atoms with Gasteiger partial charge in [0.25, 0.3) is 6.01 Å². The van der Waals surface area contributed by atoms with Crippen LogP contribution in [0.25, 0.3) is 11.0 Å². The predicted octanol–water partition coefficient (Wildman–Crippen LogP) is 2.86. The molecule has 4 heteroatoms. The monoisotopic (exact) mass is 225 g/mol. The Hall–Kier alpha value is -1.42. The zero-order valence-electron chi connectivity index (χ0n) is 9.18. The third kappa shape index (κ3) is 1.93. The summed E-state index contributed by atoms with van der Waals surface area (Å²) >= 11 is 0. The van der Waals surface area contributed by atoms with Gasteiger partial charge in [0.1, 0.15) is 0 Å². The fourth-order valence-electron chi connectivity index (χ4n) is 1.67. The van der Waals surface area contributed by atoms with Gasteiger partial charge in [-0.2, -0.15) is 4.39 Å². The zero-order chi connectivity index (χ0) is 11.7. The Morgan fingerprint density at radius 1 is 1.38 bits per heavy atom. The molecule has 0 radical (unpaired) electrons. The molecule has 0 aliphatic rings. The molecule has 0 saturated heterocycles. The minimum absolute atomic E-state index is 0.00157. The SMILES string of the molecule is CN[C@H](C)Cc1ccc2cc(F)oc2c1F. The Morgan fingerprint density at radius 2 is 2.12 bits per heavy atom. The summed E-state index contributed by atoms with van der Waals surface area (Å²) in [6.07, 6.45) is 0.542. The van der Waals surface area contributed by atoms with Crippen LogP contribution in [0.5, 0.6) is 0 Å². The van der Waals surface area contributed by atoms with Gasteiger partial charge in [-0.3, -0.25) is 0 Å². The van der Waals surface area contributed by atoms with Gasteiger partial charge in [0.15, 0.2) is 11.4 Å². The van der Waals surface area contributed by atoms with Gasteiger partial charge in [-0.15, -0.1) is 0 Å². The van der Waals surface area contributed by atoms with Gasteiger partial charge in [0.2, 0.25) is 0 Å². The fraction of sp³-hybridized carbons (Fsp3) is 0.333. The smallest absolute Gasteiger partial charge is 0.278 e. The highest BCUT2D eigenvalue weighted by Crippen LogP contribution is 2.24. The number of likely N-dealkylation sites (N-methyl/N-ethyl adjacent to an activating group) is 1. The summed E-state index contributed by atoms with van der Waals surface area (Å²) in [6, 6.07) is 3.92. The maximum atomic E-state index is 13.9. The van der Waals surface area contributed by atoms with Crippen molar-refractivity contribution >= 4 is 11.0 Å². The van der Waals surface area contributed by atoms with Crippen molar-refractivity contribution in [3.8, 4) is 0 Å². The van der Waals surface area contributed by atoms with Crippen LogP contribution in [0.1, 0.15) is 12.5 Å². The molecule has 16 heavy (non-hydrogen) atoms.